The van der Waals surface area contributed by atoms with E-state index in [-0.39, 0.29) is 5.91 Å². The van der Waals surface area contributed by atoms with E-state index in [9.17, 15) is 9.59 Å². The van der Waals surface area contributed by atoms with E-state index in [1.807, 2.05) is 6.92 Å². The highest BCUT2D eigenvalue weighted by atomic mass is 32.1. The summed E-state index contributed by atoms with van der Waals surface area (Å²) in [7, 11) is 0. The van der Waals surface area contributed by atoms with Crippen molar-refractivity contribution in [2.45, 2.75) is 32.6 Å². The van der Waals surface area contributed by atoms with Crippen LogP contribution < -0.4 is 5.32 Å². The van der Waals surface area contributed by atoms with E-state index in [4.69, 9.17) is 5.11 Å². The molecule has 1 aromatic rings. The lowest BCUT2D eigenvalue weighted by molar-refractivity contribution is -0.147. The van der Waals surface area contributed by atoms with Crippen molar-refractivity contribution in [1.82, 2.24) is 4.98 Å². The van der Waals surface area contributed by atoms with E-state index in [1.165, 1.54) is 11.3 Å². The molecule has 0 radical (unpaired) electrons. The van der Waals surface area contributed by atoms with Gasteiger partial charge in [0.1, 0.15) is 0 Å². The van der Waals surface area contributed by atoms with Crippen molar-refractivity contribution in [3.63, 3.8) is 0 Å². The molecule has 0 bridgehead atoms. The van der Waals surface area contributed by atoms with Crippen LogP contribution in [0.2, 0.25) is 0 Å². The van der Waals surface area contributed by atoms with Crippen LogP contribution in [0.15, 0.2) is 6.20 Å². The van der Waals surface area contributed by atoms with Gasteiger partial charge in [0.15, 0.2) is 5.13 Å². The first-order valence-electron chi connectivity index (χ1n) is 6.04. The van der Waals surface area contributed by atoms with Gasteiger partial charge in [0.2, 0.25) is 5.91 Å². The second-order valence-corrected chi connectivity index (χ2v) is 5.84. The normalized spacial score (nSPS) is 23.6. The van der Waals surface area contributed by atoms with E-state index in [1.54, 1.807) is 6.20 Å². The van der Waals surface area contributed by atoms with Gasteiger partial charge in [0, 0.05) is 11.1 Å². The van der Waals surface area contributed by atoms with Crippen LogP contribution in [-0.4, -0.2) is 22.0 Å². The van der Waals surface area contributed by atoms with Crippen molar-refractivity contribution in [1.29, 1.82) is 0 Å². The Hall–Kier alpha value is -1.43. The Labute approximate surface area is 109 Å². The van der Waals surface area contributed by atoms with E-state index in [0.29, 0.717) is 18.0 Å². The first-order chi connectivity index (χ1) is 8.58. The molecule has 18 heavy (non-hydrogen) atoms. The molecule has 2 atom stereocenters. The molecule has 1 amide bonds. The SMILES string of the molecule is Cc1cnc(NC(=O)C2CCCCC2C(=O)O)s1. The summed E-state index contributed by atoms with van der Waals surface area (Å²) in [6, 6.07) is 0. The lowest BCUT2D eigenvalue weighted by Crippen LogP contribution is -2.36. The van der Waals surface area contributed by atoms with Crippen LogP contribution >= 0.6 is 11.3 Å². The molecule has 2 unspecified atom stereocenters. The van der Waals surface area contributed by atoms with Gasteiger partial charge >= 0.3 is 5.97 Å². The third-order valence-corrected chi connectivity index (χ3v) is 4.10. The maximum Gasteiger partial charge on any atom is 0.307 e. The molecule has 0 spiro atoms. The van der Waals surface area contributed by atoms with Crippen molar-refractivity contribution in [3.8, 4) is 0 Å². The molecule has 0 saturated heterocycles. The molecule has 0 aromatic carbocycles. The van der Waals surface area contributed by atoms with E-state index >= 15 is 0 Å². The third kappa shape index (κ3) is 2.87. The number of hydrogen-bond acceptors (Lipinski definition) is 4. The zero-order valence-electron chi connectivity index (χ0n) is 10.2. The van der Waals surface area contributed by atoms with Gasteiger partial charge in [-0.25, -0.2) is 4.98 Å². The topological polar surface area (TPSA) is 79.3 Å². The van der Waals surface area contributed by atoms with Crippen LogP contribution in [0.25, 0.3) is 0 Å². The minimum atomic E-state index is -0.870. The van der Waals surface area contributed by atoms with E-state index < -0.39 is 17.8 Å². The minimum Gasteiger partial charge on any atom is -0.481 e. The average Bonchev–Trinajstić information content (AvgIpc) is 2.74. The summed E-state index contributed by atoms with van der Waals surface area (Å²) in [5.41, 5.74) is 0. The fourth-order valence-electron chi connectivity index (χ4n) is 2.35. The van der Waals surface area contributed by atoms with Crippen LogP contribution in [0.5, 0.6) is 0 Å². The van der Waals surface area contributed by atoms with Crippen molar-refractivity contribution in [2.75, 3.05) is 5.32 Å². The number of carboxylic acid groups (broad SMARTS) is 1. The van der Waals surface area contributed by atoms with Crippen molar-refractivity contribution in [3.05, 3.63) is 11.1 Å². The van der Waals surface area contributed by atoms with Gasteiger partial charge in [-0.15, -0.1) is 11.3 Å². The molecule has 98 valence electrons. The number of rotatable bonds is 3. The Morgan fingerprint density at radius 3 is 2.61 bits per heavy atom. The summed E-state index contributed by atoms with van der Waals surface area (Å²) in [5.74, 6) is -2.07. The number of thiazole rings is 1. The molecular weight excluding hydrogens is 252 g/mol. The molecule has 2 N–H and O–H groups in total. The van der Waals surface area contributed by atoms with Crippen molar-refractivity contribution in [2.24, 2.45) is 11.8 Å². The summed E-state index contributed by atoms with van der Waals surface area (Å²) in [6.45, 7) is 1.91. The van der Waals surface area contributed by atoms with Gasteiger partial charge in [0.05, 0.1) is 11.8 Å². The van der Waals surface area contributed by atoms with Crippen LogP contribution in [-0.2, 0) is 9.59 Å². The second-order valence-electron chi connectivity index (χ2n) is 4.60. The zero-order chi connectivity index (χ0) is 13.1. The highest BCUT2D eigenvalue weighted by molar-refractivity contribution is 7.15. The second kappa shape index (κ2) is 5.48. The van der Waals surface area contributed by atoms with Crippen LogP contribution in [0, 0.1) is 18.8 Å². The number of nitrogens with zero attached hydrogens (tertiary/aromatic N) is 1. The molecule has 5 nitrogen and oxygen atoms in total. The van der Waals surface area contributed by atoms with Crippen molar-refractivity contribution >= 4 is 28.3 Å². The Balaban J connectivity index is 2.04. The summed E-state index contributed by atoms with van der Waals surface area (Å²) >= 11 is 1.40. The summed E-state index contributed by atoms with van der Waals surface area (Å²) in [5, 5.41) is 12.4. The molecule has 2 rings (SSSR count). The molecular formula is C12H16N2O3S. The van der Waals surface area contributed by atoms with Gasteiger partial charge in [-0.2, -0.15) is 0 Å². The lowest BCUT2D eigenvalue weighted by atomic mass is 9.79. The number of aliphatic carboxylic acids is 1. The third-order valence-electron chi connectivity index (χ3n) is 3.27. The summed E-state index contributed by atoms with van der Waals surface area (Å²) in [4.78, 5) is 28.3. The molecule has 1 aliphatic rings. The standard InChI is InChI=1S/C12H16N2O3S/c1-7-6-13-12(18-7)14-10(15)8-4-2-3-5-9(8)11(16)17/h6,8-9H,2-5H2,1H3,(H,16,17)(H,13,14,15). The van der Waals surface area contributed by atoms with Gasteiger partial charge < -0.3 is 10.4 Å². The van der Waals surface area contributed by atoms with Gasteiger partial charge in [-0.3, -0.25) is 9.59 Å². The molecule has 1 fully saturated rings. The number of hydrogen-bond donors (Lipinski definition) is 2. The van der Waals surface area contributed by atoms with Gasteiger partial charge in [0.25, 0.3) is 0 Å². The number of carbonyl (C=O) groups is 2. The van der Waals surface area contributed by atoms with Gasteiger partial charge in [-0.05, 0) is 19.8 Å². The number of aromatic nitrogens is 1. The number of nitrogens with one attached hydrogen (secondary N) is 1. The molecule has 6 heteroatoms. The number of aryl methyl sites for hydroxylation is 1. The Kier molecular flexibility index (Phi) is 3.96. The van der Waals surface area contributed by atoms with E-state index in [2.05, 4.69) is 10.3 Å². The largest absolute Gasteiger partial charge is 0.481 e. The van der Waals surface area contributed by atoms with Crippen molar-refractivity contribution < 1.29 is 14.7 Å². The monoisotopic (exact) mass is 268 g/mol. The van der Waals surface area contributed by atoms with Crippen LogP contribution in [0.3, 0.4) is 0 Å². The highest BCUT2D eigenvalue weighted by Gasteiger charge is 2.35. The first kappa shape index (κ1) is 13.0. The minimum absolute atomic E-state index is 0.212. The highest BCUT2D eigenvalue weighted by Crippen LogP contribution is 2.31. The van der Waals surface area contributed by atoms with Gasteiger partial charge in [-0.1, -0.05) is 12.8 Å². The quantitative estimate of drug-likeness (QED) is 0.881. The first-order valence-corrected chi connectivity index (χ1v) is 6.85. The molecule has 1 aromatic heterocycles. The number of carbonyl (C=O) groups excluding carboxylic acids is 1. The zero-order valence-corrected chi connectivity index (χ0v) is 11.0. The Morgan fingerprint density at radius 1 is 1.39 bits per heavy atom. The maximum absolute atomic E-state index is 12.1. The smallest absolute Gasteiger partial charge is 0.307 e. The fourth-order valence-corrected chi connectivity index (χ4v) is 3.02. The predicted molar refractivity (Wildman–Crippen MR) is 68.6 cm³/mol. The maximum atomic E-state index is 12.1. The number of carboxylic acids is 1. The molecule has 1 heterocycles. The molecule has 1 saturated carbocycles. The van der Waals surface area contributed by atoms with Crippen LogP contribution in [0.1, 0.15) is 30.6 Å². The van der Waals surface area contributed by atoms with Crippen LogP contribution in [0.4, 0.5) is 5.13 Å². The number of amides is 1. The lowest BCUT2D eigenvalue weighted by Gasteiger charge is -2.26. The summed E-state index contributed by atoms with van der Waals surface area (Å²) < 4.78 is 0. The Morgan fingerprint density at radius 2 is 2.06 bits per heavy atom. The fraction of sp³-hybridized carbons (Fsp3) is 0.583. The number of anilines is 1. The Bertz CT molecular complexity index is 458. The molecule has 0 aliphatic heterocycles. The average molecular weight is 268 g/mol. The van der Waals surface area contributed by atoms with E-state index in [0.717, 1.165) is 17.7 Å². The summed E-state index contributed by atoms with van der Waals surface area (Å²) in [6.07, 6.45) is 4.73. The predicted octanol–water partition coefficient (Wildman–Crippen LogP) is 2.28. The molecule has 1 aliphatic carbocycles.